The highest BCUT2D eigenvalue weighted by Crippen LogP contribution is 2.39. The first kappa shape index (κ1) is 25.3. The van der Waals surface area contributed by atoms with Crippen molar-refractivity contribution in [3.05, 3.63) is 114 Å². The van der Waals surface area contributed by atoms with Gasteiger partial charge in [0.05, 0.1) is 17.4 Å². The molecule has 0 unspecified atom stereocenters. The van der Waals surface area contributed by atoms with Gasteiger partial charge in [-0.15, -0.1) is 10.2 Å². The van der Waals surface area contributed by atoms with Crippen LogP contribution in [0.15, 0.2) is 107 Å². The molecule has 5 aromatic rings. The van der Waals surface area contributed by atoms with Crippen molar-refractivity contribution >= 4 is 23.4 Å². The number of anilines is 1. The van der Waals surface area contributed by atoms with Crippen LogP contribution in [0.3, 0.4) is 0 Å². The summed E-state index contributed by atoms with van der Waals surface area (Å²) in [6, 6.07) is 24.8. The Morgan fingerprint density at radius 1 is 0.947 bits per heavy atom. The summed E-state index contributed by atoms with van der Waals surface area (Å²) in [6.45, 7) is 1.82. The zero-order valence-electron chi connectivity index (χ0n) is 20.0. The number of amides is 1. The molecule has 1 atom stereocenters. The maximum Gasteiger partial charge on any atom is 0.416 e. The molecule has 2 heterocycles. The first-order valence-corrected chi connectivity index (χ1v) is 12.4. The Morgan fingerprint density at radius 3 is 2.32 bits per heavy atom. The normalized spacial score (nSPS) is 12.3. The number of thioether (sulfide) groups is 1. The zero-order valence-corrected chi connectivity index (χ0v) is 20.8. The number of hydrogen-bond donors (Lipinski definition) is 1. The lowest BCUT2D eigenvalue weighted by molar-refractivity contribution is -0.137. The van der Waals surface area contributed by atoms with Gasteiger partial charge in [0.15, 0.2) is 11.0 Å². The molecule has 0 aliphatic rings. The Bertz CT molecular complexity index is 1550. The summed E-state index contributed by atoms with van der Waals surface area (Å²) in [5.41, 5.74) is 1.39. The van der Waals surface area contributed by atoms with Crippen LogP contribution in [-0.2, 0) is 11.0 Å². The molecule has 0 aliphatic carbocycles. The topological polar surface area (TPSA) is 72.9 Å². The molecule has 0 radical (unpaired) electrons. The Balaban J connectivity index is 1.54. The van der Waals surface area contributed by atoms with Crippen LogP contribution in [0.2, 0.25) is 0 Å². The summed E-state index contributed by atoms with van der Waals surface area (Å²) < 4.78 is 47.0. The van der Waals surface area contributed by atoms with Gasteiger partial charge in [0, 0.05) is 11.4 Å². The van der Waals surface area contributed by atoms with E-state index in [1.165, 1.54) is 12.1 Å². The molecule has 38 heavy (non-hydrogen) atoms. The second-order valence-corrected chi connectivity index (χ2v) is 9.42. The van der Waals surface area contributed by atoms with Gasteiger partial charge in [-0.2, -0.15) is 13.2 Å². The fourth-order valence-electron chi connectivity index (χ4n) is 3.93. The first-order chi connectivity index (χ1) is 18.3. The Kier molecular flexibility index (Phi) is 7.06. The van der Waals surface area contributed by atoms with Crippen molar-refractivity contribution in [2.24, 2.45) is 0 Å². The number of nitrogens with zero attached hydrogens (tertiary/aromatic N) is 3. The first-order valence-electron chi connectivity index (χ1n) is 11.6. The molecule has 0 fully saturated rings. The van der Waals surface area contributed by atoms with Gasteiger partial charge in [0.25, 0.3) is 0 Å². The third-order valence-electron chi connectivity index (χ3n) is 5.77. The molecule has 0 saturated carbocycles. The van der Waals surface area contributed by atoms with E-state index >= 15 is 0 Å². The summed E-state index contributed by atoms with van der Waals surface area (Å²) in [5, 5.41) is 11.0. The number of halogens is 3. The van der Waals surface area contributed by atoms with Crippen LogP contribution in [0.4, 0.5) is 18.9 Å². The van der Waals surface area contributed by atoms with Crippen molar-refractivity contribution in [1.29, 1.82) is 0 Å². The number of hydrogen-bond acceptors (Lipinski definition) is 5. The molecule has 3 aromatic carbocycles. The zero-order chi connectivity index (χ0) is 26.7. The number of carbonyl (C=O) groups excluding carboxylic acids is 1. The smallest absolute Gasteiger partial charge is 0.416 e. The number of alkyl halides is 3. The van der Waals surface area contributed by atoms with Crippen LogP contribution < -0.4 is 5.32 Å². The highest BCUT2D eigenvalue weighted by Gasteiger charge is 2.31. The van der Waals surface area contributed by atoms with E-state index in [4.69, 9.17) is 4.42 Å². The van der Waals surface area contributed by atoms with Crippen molar-refractivity contribution in [1.82, 2.24) is 14.8 Å². The van der Waals surface area contributed by atoms with Crippen LogP contribution in [0.25, 0.3) is 17.1 Å². The van der Waals surface area contributed by atoms with E-state index in [-0.39, 0.29) is 5.69 Å². The fourth-order valence-corrected chi connectivity index (χ4v) is 4.99. The number of benzene rings is 3. The molecule has 0 spiro atoms. The largest absolute Gasteiger partial charge is 0.469 e. The number of furan rings is 1. The quantitative estimate of drug-likeness (QED) is 0.221. The predicted octanol–water partition coefficient (Wildman–Crippen LogP) is 7.33. The second kappa shape index (κ2) is 10.6. The maximum absolute atomic E-state index is 13.5. The highest BCUT2D eigenvalue weighted by atomic mass is 32.2. The molecule has 192 valence electrons. The summed E-state index contributed by atoms with van der Waals surface area (Å²) in [7, 11) is 0. The molecule has 5 rings (SSSR count). The minimum absolute atomic E-state index is 0.0468. The van der Waals surface area contributed by atoms with Crippen LogP contribution in [0.5, 0.6) is 0 Å². The van der Waals surface area contributed by atoms with Crippen molar-refractivity contribution in [3.63, 3.8) is 0 Å². The van der Waals surface area contributed by atoms with Gasteiger partial charge in [-0.25, -0.2) is 0 Å². The summed E-state index contributed by atoms with van der Waals surface area (Å²) in [6.07, 6.45) is -2.96. The van der Waals surface area contributed by atoms with E-state index in [0.717, 1.165) is 35.1 Å². The molecular formula is C28H21F3N4O2S. The molecule has 0 aliphatic heterocycles. The number of nitrogens with one attached hydrogen (secondary N) is 1. The number of para-hydroxylation sites is 1. The average Bonchev–Trinajstić information content (AvgIpc) is 3.53. The minimum atomic E-state index is -4.53. The van der Waals surface area contributed by atoms with Crippen LogP contribution >= 0.6 is 11.8 Å². The number of aryl methyl sites for hydroxylation is 1. The SMILES string of the molecule is Cc1occc1-c1nnc(S[C@@H](C(=O)Nc2cccc(C(F)(F)F)c2)c2ccccc2)n1-c1ccccc1. The average molecular weight is 535 g/mol. The van der Waals surface area contributed by atoms with Crippen molar-refractivity contribution in [3.8, 4) is 17.1 Å². The Labute approximate surface area is 220 Å². The van der Waals surface area contributed by atoms with Gasteiger partial charge in [-0.05, 0) is 48.9 Å². The molecule has 1 N–H and O–H groups in total. The van der Waals surface area contributed by atoms with E-state index < -0.39 is 22.9 Å². The Morgan fingerprint density at radius 2 is 1.66 bits per heavy atom. The van der Waals surface area contributed by atoms with Gasteiger partial charge in [0.1, 0.15) is 11.0 Å². The number of rotatable bonds is 7. The van der Waals surface area contributed by atoms with Crippen molar-refractivity contribution in [2.45, 2.75) is 23.5 Å². The standard InChI is InChI=1S/C28H21F3N4O2S/c1-18-23(15-16-37-18)25-33-34-27(35(25)22-13-6-3-7-14-22)38-24(19-9-4-2-5-10-19)26(36)32-21-12-8-11-20(17-21)28(29,30)31/h2-17,24H,1H3,(H,32,36)/t24-/m1/s1. The Hall–Kier alpha value is -4.31. The van der Waals surface area contributed by atoms with Crippen molar-refractivity contribution in [2.75, 3.05) is 5.32 Å². The number of carbonyl (C=O) groups is 1. The highest BCUT2D eigenvalue weighted by molar-refractivity contribution is 8.00. The van der Waals surface area contributed by atoms with Crippen LogP contribution in [-0.4, -0.2) is 20.7 Å². The summed E-state index contributed by atoms with van der Waals surface area (Å²) in [4.78, 5) is 13.5. The van der Waals surface area contributed by atoms with Gasteiger partial charge in [-0.1, -0.05) is 66.4 Å². The molecule has 1 amide bonds. The third-order valence-corrected chi connectivity index (χ3v) is 6.97. The van der Waals surface area contributed by atoms with E-state index in [9.17, 15) is 18.0 Å². The second-order valence-electron chi connectivity index (χ2n) is 8.34. The van der Waals surface area contributed by atoms with E-state index in [1.54, 1.807) is 36.6 Å². The third kappa shape index (κ3) is 5.35. The monoisotopic (exact) mass is 534 g/mol. The summed E-state index contributed by atoms with van der Waals surface area (Å²) >= 11 is 1.15. The van der Waals surface area contributed by atoms with Crippen molar-refractivity contribution < 1.29 is 22.4 Å². The van der Waals surface area contributed by atoms with E-state index in [0.29, 0.717) is 22.3 Å². The molecule has 2 aromatic heterocycles. The lowest BCUT2D eigenvalue weighted by Gasteiger charge is -2.18. The predicted molar refractivity (Wildman–Crippen MR) is 139 cm³/mol. The van der Waals surface area contributed by atoms with E-state index in [2.05, 4.69) is 15.5 Å². The van der Waals surface area contributed by atoms with Gasteiger partial charge < -0.3 is 9.73 Å². The van der Waals surface area contributed by atoms with Crippen LogP contribution in [0.1, 0.15) is 22.1 Å². The molecule has 0 saturated heterocycles. The number of aromatic nitrogens is 3. The molecule has 10 heteroatoms. The van der Waals surface area contributed by atoms with Crippen LogP contribution in [0, 0.1) is 6.92 Å². The summed E-state index contributed by atoms with van der Waals surface area (Å²) in [5.74, 6) is 0.701. The fraction of sp³-hybridized carbons (Fsp3) is 0.107. The van der Waals surface area contributed by atoms with Gasteiger partial charge in [0.2, 0.25) is 5.91 Å². The molecule has 6 nitrogen and oxygen atoms in total. The van der Waals surface area contributed by atoms with E-state index in [1.807, 2.05) is 47.9 Å². The lowest BCUT2D eigenvalue weighted by Crippen LogP contribution is -2.20. The maximum atomic E-state index is 13.5. The van der Waals surface area contributed by atoms with Gasteiger partial charge >= 0.3 is 6.18 Å². The minimum Gasteiger partial charge on any atom is -0.469 e. The lowest BCUT2D eigenvalue weighted by atomic mass is 10.1. The molecular weight excluding hydrogens is 513 g/mol. The van der Waals surface area contributed by atoms with Gasteiger partial charge in [-0.3, -0.25) is 9.36 Å². The molecule has 0 bridgehead atoms.